The second-order valence-corrected chi connectivity index (χ2v) is 8.18. The Morgan fingerprint density at radius 3 is 2.73 bits per heavy atom. The van der Waals surface area contributed by atoms with Gasteiger partial charge in [0.1, 0.15) is 6.33 Å². The van der Waals surface area contributed by atoms with Crippen molar-refractivity contribution in [2.24, 2.45) is 0 Å². The highest BCUT2D eigenvalue weighted by Gasteiger charge is 2.29. The number of hydrogen-bond donors (Lipinski definition) is 0. The molecule has 26 heavy (non-hydrogen) atoms. The van der Waals surface area contributed by atoms with Crippen molar-refractivity contribution in [3.05, 3.63) is 52.8 Å². The Morgan fingerprint density at radius 2 is 1.92 bits per heavy atom. The number of benzene rings is 1. The number of ether oxygens (including phenoxy) is 1. The van der Waals surface area contributed by atoms with Crippen LogP contribution in [0.15, 0.2) is 36.7 Å². The largest absolute Gasteiger partial charge is 0.378 e. The first-order chi connectivity index (χ1) is 12.8. The minimum absolute atomic E-state index is 0.343. The zero-order valence-corrected chi connectivity index (χ0v) is 15.8. The van der Waals surface area contributed by atoms with Crippen molar-refractivity contribution in [3.63, 3.8) is 0 Å². The van der Waals surface area contributed by atoms with Crippen LogP contribution in [0.2, 0.25) is 5.02 Å². The lowest BCUT2D eigenvalue weighted by molar-refractivity contribution is 0.123. The van der Waals surface area contributed by atoms with Gasteiger partial charge in [-0.15, -0.1) is 21.5 Å². The summed E-state index contributed by atoms with van der Waals surface area (Å²) in [5.41, 5.74) is 2.66. The van der Waals surface area contributed by atoms with E-state index in [1.807, 2.05) is 29.8 Å². The molecule has 0 saturated carbocycles. The molecule has 5 nitrogen and oxygen atoms in total. The average Bonchev–Trinajstić information content (AvgIpc) is 3.29. The minimum atomic E-state index is 0.343. The van der Waals surface area contributed by atoms with E-state index < -0.39 is 0 Å². The molecular formula is C19H19ClN4OS. The van der Waals surface area contributed by atoms with Gasteiger partial charge in [-0.25, -0.2) is 0 Å². The standard InChI is InChI=1S/C19H19ClN4OS/c20-14-3-1-13(2-4-14)15-5-6-24-12-21-22-19(24)18-16(15)11-17(26-18)23-7-9-25-10-8-23/h1-4,11-12,15H,5-10H2. The van der Waals surface area contributed by atoms with Gasteiger partial charge in [-0.2, -0.15) is 0 Å². The van der Waals surface area contributed by atoms with Crippen LogP contribution in [-0.4, -0.2) is 41.1 Å². The summed E-state index contributed by atoms with van der Waals surface area (Å²) in [7, 11) is 0. The molecule has 0 radical (unpaired) electrons. The second kappa shape index (κ2) is 6.68. The van der Waals surface area contributed by atoms with E-state index in [2.05, 4.69) is 37.9 Å². The molecule has 4 heterocycles. The maximum atomic E-state index is 6.11. The fraction of sp³-hybridized carbons (Fsp3) is 0.368. The molecule has 1 fully saturated rings. The van der Waals surface area contributed by atoms with E-state index in [9.17, 15) is 0 Å². The number of halogens is 1. The zero-order chi connectivity index (χ0) is 17.5. The summed E-state index contributed by atoms with van der Waals surface area (Å²) in [5, 5.41) is 10.6. The summed E-state index contributed by atoms with van der Waals surface area (Å²) in [6.07, 6.45) is 2.87. The highest BCUT2D eigenvalue weighted by molar-refractivity contribution is 7.19. The molecule has 1 unspecified atom stereocenters. The van der Waals surface area contributed by atoms with Crippen LogP contribution in [0.1, 0.15) is 23.5 Å². The van der Waals surface area contributed by atoms with Gasteiger partial charge in [0.25, 0.3) is 0 Å². The molecule has 1 saturated heterocycles. The number of anilines is 1. The van der Waals surface area contributed by atoms with Gasteiger partial charge >= 0.3 is 0 Å². The van der Waals surface area contributed by atoms with Crippen LogP contribution in [-0.2, 0) is 11.3 Å². The lowest BCUT2D eigenvalue weighted by atomic mass is 9.89. The summed E-state index contributed by atoms with van der Waals surface area (Å²) in [6.45, 7) is 4.39. The Labute approximate surface area is 161 Å². The molecule has 5 rings (SSSR count). The highest BCUT2D eigenvalue weighted by Crippen LogP contribution is 2.46. The molecule has 0 aliphatic carbocycles. The van der Waals surface area contributed by atoms with E-state index >= 15 is 0 Å². The SMILES string of the molecule is Clc1ccc(C2CCn3cnnc3-c3sc(N4CCOCC4)cc32)cc1. The van der Waals surface area contributed by atoms with Crippen molar-refractivity contribution < 1.29 is 4.74 Å². The van der Waals surface area contributed by atoms with E-state index in [-0.39, 0.29) is 0 Å². The Bertz CT molecular complexity index is 914. The van der Waals surface area contributed by atoms with Crippen LogP contribution in [0.4, 0.5) is 5.00 Å². The van der Waals surface area contributed by atoms with E-state index in [1.165, 1.54) is 21.0 Å². The predicted molar refractivity (Wildman–Crippen MR) is 104 cm³/mol. The zero-order valence-electron chi connectivity index (χ0n) is 14.3. The number of hydrogen-bond acceptors (Lipinski definition) is 5. The molecule has 2 aromatic heterocycles. The highest BCUT2D eigenvalue weighted by atomic mass is 35.5. The maximum Gasteiger partial charge on any atom is 0.174 e. The first-order valence-corrected chi connectivity index (χ1v) is 10.1. The summed E-state index contributed by atoms with van der Waals surface area (Å²) >= 11 is 7.93. The summed E-state index contributed by atoms with van der Waals surface area (Å²) in [6, 6.07) is 10.6. The van der Waals surface area contributed by atoms with Gasteiger partial charge < -0.3 is 14.2 Å². The molecule has 134 valence electrons. The molecule has 2 aliphatic rings. The topological polar surface area (TPSA) is 43.2 Å². The Hall–Kier alpha value is -1.89. The number of rotatable bonds is 2. The number of aromatic nitrogens is 3. The van der Waals surface area contributed by atoms with Crippen LogP contribution in [0.25, 0.3) is 10.7 Å². The van der Waals surface area contributed by atoms with Crippen molar-refractivity contribution in [1.82, 2.24) is 14.8 Å². The first-order valence-electron chi connectivity index (χ1n) is 8.89. The lowest BCUT2D eigenvalue weighted by Crippen LogP contribution is -2.35. The molecule has 0 amide bonds. The van der Waals surface area contributed by atoms with Crippen LogP contribution in [0, 0.1) is 0 Å². The minimum Gasteiger partial charge on any atom is -0.378 e. The third-order valence-corrected chi connectivity index (χ3v) is 6.66. The fourth-order valence-electron chi connectivity index (χ4n) is 3.82. The van der Waals surface area contributed by atoms with Crippen LogP contribution in [0.3, 0.4) is 0 Å². The van der Waals surface area contributed by atoms with Gasteiger partial charge in [0.05, 0.1) is 23.1 Å². The molecule has 1 aromatic carbocycles. The van der Waals surface area contributed by atoms with Crippen molar-refractivity contribution in [1.29, 1.82) is 0 Å². The Morgan fingerprint density at radius 1 is 1.12 bits per heavy atom. The van der Waals surface area contributed by atoms with E-state index in [0.717, 1.165) is 50.1 Å². The van der Waals surface area contributed by atoms with Crippen molar-refractivity contribution in [3.8, 4) is 10.7 Å². The third-order valence-electron chi connectivity index (χ3n) is 5.20. The first kappa shape index (κ1) is 16.3. The van der Waals surface area contributed by atoms with Crippen molar-refractivity contribution in [2.45, 2.75) is 18.9 Å². The predicted octanol–water partition coefficient (Wildman–Crippen LogP) is 4.03. The molecular weight excluding hydrogens is 368 g/mol. The average molecular weight is 387 g/mol. The molecule has 0 N–H and O–H groups in total. The number of nitrogens with zero attached hydrogens (tertiary/aromatic N) is 4. The molecule has 0 spiro atoms. The van der Waals surface area contributed by atoms with Gasteiger partial charge in [0.15, 0.2) is 5.82 Å². The van der Waals surface area contributed by atoms with E-state index in [0.29, 0.717) is 5.92 Å². The lowest BCUT2D eigenvalue weighted by Gasteiger charge is -2.27. The monoisotopic (exact) mass is 386 g/mol. The fourth-order valence-corrected chi connectivity index (χ4v) is 5.23. The van der Waals surface area contributed by atoms with Crippen LogP contribution in [0.5, 0.6) is 0 Å². The van der Waals surface area contributed by atoms with Gasteiger partial charge in [0, 0.05) is 30.6 Å². The summed E-state index contributed by atoms with van der Waals surface area (Å²) in [5.74, 6) is 1.33. The smallest absolute Gasteiger partial charge is 0.174 e. The number of fused-ring (bicyclic) bond motifs is 3. The van der Waals surface area contributed by atoms with E-state index in [1.54, 1.807) is 0 Å². The second-order valence-electron chi connectivity index (χ2n) is 6.71. The molecule has 7 heteroatoms. The normalized spacial score (nSPS) is 19.7. The molecule has 3 aromatic rings. The van der Waals surface area contributed by atoms with E-state index in [4.69, 9.17) is 16.3 Å². The van der Waals surface area contributed by atoms with Crippen molar-refractivity contribution >= 4 is 27.9 Å². The van der Waals surface area contributed by atoms with Gasteiger partial charge in [-0.1, -0.05) is 23.7 Å². The number of morpholine rings is 1. The molecule has 2 aliphatic heterocycles. The molecule has 0 bridgehead atoms. The number of aryl methyl sites for hydroxylation is 1. The van der Waals surface area contributed by atoms with Gasteiger partial charge in [-0.3, -0.25) is 0 Å². The Kier molecular flexibility index (Phi) is 4.19. The van der Waals surface area contributed by atoms with Crippen LogP contribution >= 0.6 is 22.9 Å². The quantitative estimate of drug-likeness (QED) is 0.666. The summed E-state index contributed by atoms with van der Waals surface area (Å²) in [4.78, 5) is 3.66. The maximum absolute atomic E-state index is 6.11. The van der Waals surface area contributed by atoms with Gasteiger partial charge in [0.2, 0.25) is 0 Å². The summed E-state index contributed by atoms with van der Waals surface area (Å²) < 4.78 is 7.69. The number of thiophene rings is 1. The van der Waals surface area contributed by atoms with Gasteiger partial charge in [-0.05, 0) is 35.7 Å². The third kappa shape index (κ3) is 2.82. The van der Waals surface area contributed by atoms with Crippen LogP contribution < -0.4 is 4.90 Å². The Balaban J connectivity index is 1.61. The molecule has 1 atom stereocenters. The van der Waals surface area contributed by atoms with Crippen molar-refractivity contribution in [2.75, 3.05) is 31.2 Å².